The number of anilines is 1. The molecule has 2 atom stereocenters. The number of amidine groups is 1. The predicted octanol–water partition coefficient (Wildman–Crippen LogP) is 3.49. The summed E-state index contributed by atoms with van der Waals surface area (Å²) >= 11 is 6.24. The quantitative estimate of drug-likeness (QED) is 0.374. The molecule has 1 aromatic heterocycles. The molecular weight excluding hydrogens is 552 g/mol. The van der Waals surface area contributed by atoms with E-state index in [1.165, 1.54) is 12.1 Å². The highest BCUT2D eigenvalue weighted by Gasteiger charge is 2.33. The minimum Gasteiger partial charge on any atom is -0.360 e. The average molecular weight is 589 g/mol. The van der Waals surface area contributed by atoms with Crippen molar-refractivity contribution in [3.8, 4) is 0 Å². The second-order valence-electron chi connectivity index (χ2n) is 10.8. The van der Waals surface area contributed by atoms with Crippen LogP contribution in [0.15, 0.2) is 35.8 Å². The van der Waals surface area contributed by atoms with Crippen LogP contribution in [0.4, 0.5) is 11.5 Å². The molecule has 3 aliphatic heterocycles. The smallest absolute Gasteiger partial charge is 0.256 e. The van der Waals surface area contributed by atoms with E-state index in [2.05, 4.69) is 21.1 Å². The molecule has 3 saturated heterocycles. The summed E-state index contributed by atoms with van der Waals surface area (Å²) in [6.45, 7) is 10.3. The minimum atomic E-state index is -3.60. The van der Waals surface area contributed by atoms with Crippen LogP contribution in [0, 0.1) is 0 Å². The van der Waals surface area contributed by atoms with Gasteiger partial charge in [-0.15, -0.1) is 0 Å². The number of likely N-dealkylation sites (tertiary alicyclic amines) is 3. The summed E-state index contributed by atoms with van der Waals surface area (Å²) in [7, 11) is -3.60. The molecule has 5 rings (SSSR count). The Balaban J connectivity index is 1.51. The highest BCUT2D eigenvalue weighted by atomic mass is 35.5. The number of sulfonamides is 1. The maximum Gasteiger partial charge on any atom is 0.256 e. The van der Waals surface area contributed by atoms with Gasteiger partial charge in [-0.05, 0) is 57.2 Å². The van der Waals surface area contributed by atoms with Crippen LogP contribution in [0.5, 0.6) is 0 Å². The zero-order chi connectivity index (χ0) is 28.6. The van der Waals surface area contributed by atoms with E-state index in [4.69, 9.17) is 27.4 Å². The normalized spacial score (nSPS) is 21.9. The molecule has 11 nitrogen and oxygen atoms in total. The van der Waals surface area contributed by atoms with E-state index in [1.807, 2.05) is 13.0 Å². The number of piperidine rings is 1. The van der Waals surface area contributed by atoms with E-state index in [0.717, 1.165) is 57.4 Å². The van der Waals surface area contributed by atoms with Gasteiger partial charge in [0.1, 0.15) is 11.7 Å². The monoisotopic (exact) mass is 588 g/mol. The first-order chi connectivity index (χ1) is 19.0. The number of carbonyl (C=O) groups is 1. The summed E-state index contributed by atoms with van der Waals surface area (Å²) in [5, 5.41) is 5.31. The lowest BCUT2D eigenvalue weighted by molar-refractivity contribution is 0.0606. The zero-order valence-corrected chi connectivity index (χ0v) is 24.6. The van der Waals surface area contributed by atoms with Crippen LogP contribution >= 0.6 is 11.6 Å². The Morgan fingerprint density at radius 1 is 1.12 bits per heavy atom. The first-order valence-electron chi connectivity index (χ1n) is 13.7. The maximum absolute atomic E-state index is 14.0. The van der Waals surface area contributed by atoms with Crippen LogP contribution in [-0.2, 0) is 10.0 Å². The van der Waals surface area contributed by atoms with Gasteiger partial charge in [-0.3, -0.25) is 9.52 Å². The first kappa shape index (κ1) is 28.4. The standard InChI is InChI=1S/C27H37ClN8O3S/c1-18(33-11-6-12-33)30-26-16-24(31-36(26)19(2)34-14-10-21(29)17-34)25-7-4-5-13-35(25)27(37)22-15-20(28)8-9-23(22)32-40(3,38)39/h8-9,15-16,21,25,32H,2,4-7,10-14,17,29H2,1,3H3/b30-18+/t21-,25+/m1/s1. The van der Waals surface area contributed by atoms with Crippen molar-refractivity contribution < 1.29 is 13.2 Å². The van der Waals surface area contributed by atoms with Crippen LogP contribution in [0.1, 0.15) is 61.1 Å². The lowest BCUT2D eigenvalue weighted by Crippen LogP contribution is -2.40. The number of halogens is 1. The molecule has 3 aliphatic rings. The number of aliphatic imine (C=N–C) groups is 1. The molecule has 1 amide bonds. The molecule has 216 valence electrons. The number of amides is 1. The Hall–Kier alpha value is -3.09. The van der Waals surface area contributed by atoms with Crippen molar-refractivity contribution in [1.82, 2.24) is 24.5 Å². The number of hydrogen-bond acceptors (Lipinski definition) is 7. The van der Waals surface area contributed by atoms with Gasteiger partial charge in [-0.25, -0.2) is 13.4 Å². The molecule has 0 spiro atoms. The Bertz CT molecular complexity index is 1440. The molecular formula is C27H37ClN8O3S. The molecule has 3 fully saturated rings. The zero-order valence-electron chi connectivity index (χ0n) is 23.0. The second kappa shape index (κ2) is 11.4. The van der Waals surface area contributed by atoms with Gasteiger partial charge in [0.2, 0.25) is 10.0 Å². The number of aromatic nitrogens is 2. The number of benzene rings is 1. The average Bonchev–Trinajstić information content (AvgIpc) is 3.49. The van der Waals surface area contributed by atoms with E-state index in [9.17, 15) is 13.2 Å². The number of carbonyl (C=O) groups excluding carboxylic acids is 1. The molecule has 3 N–H and O–H groups in total. The SMILES string of the molecule is C=C(N1CC[C@@H](N)C1)n1nc([C@@H]2CCCCN2C(=O)c2cc(Cl)ccc2NS(C)(=O)=O)cc1/N=C(\C)N1CCC1. The number of nitrogens with two attached hydrogens (primary N) is 1. The van der Waals surface area contributed by atoms with Crippen LogP contribution < -0.4 is 10.5 Å². The van der Waals surface area contributed by atoms with E-state index in [-0.39, 0.29) is 29.2 Å². The molecule has 2 aromatic rings. The number of hydrogen-bond donors (Lipinski definition) is 2. The van der Waals surface area contributed by atoms with E-state index >= 15 is 0 Å². The van der Waals surface area contributed by atoms with Crippen LogP contribution in [0.25, 0.3) is 5.82 Å². The fourth-order valence-corrected chi connectivity index (χ4v) is 6.22. The number of nitrogens with one attached hydrogen (secondary N) is 1. The van der Waals surface area contributed by atoms with Crippen molar-refractivity contribution in [2.75, 3.05) is 43.7 Å². The molecule has 0 bridgehead atoms. The van der Waals surface area contributed by atoms with Crippen molar-refractivity contribution in [2.45, 2.75) is 51.1 Å². The number of nitrogens with zero attached hydrogens (tertiary/aromatic N) is 6. The minimum absolute atomic E-state index is 0.0838. The Labute approximate surface area is 240 Å². The highest BCUT2D eigenvalue weighted by Crippen LogP contribution is 2.36. The van der Waals surface area contributed by atoms with E-state index in [0.29, 0.717) is 41.9 Å². The fourth-order valence-electron chi connectivity index (χ4n) is 5.47. The van der Waals surface area contributed by atoms with Crippen molar-refractivity contribution in [1.29, 1.82) is 0 Å². The summed E-state index contributed by atoms with van der Waals surface area (Å²) < 4.78 is 28.2. The lowest BCUT2D eigenvalue weighted by atomic mass is 9.98. The second-order valence-corrected chi connectivity index (χ2v) is 13.0. The van der Waals surface area contributed by atoms with Gasteiger partial charge in [0, 0.05) is 49.9 Å². The van der Waals surface area contributed by atoms with Crippen LogP contribution in [0.2, 0.25) is 5.02 Å². The largest absolute Gasteiger partial charge is 0.360 e. The van der Waals surface area contributed by atoms with Gasteiger partial charge >= 0.3 is 0 Å². The summed E-state index contributed by atoms with van der Waals surface area (Å²) in [5.74, 6) is 1.97. The molecule has 0 aliphatic carbocycles. The van der Waals surface area contributed by atoms with Gasteiger partial charge in [0.25, 0.3) is 5.91 Å². The molecule has 0 radical (unpaired) electrons. The van der Waals surface area contributed by atoms with E-state index < -0.39 is 10.0 Å². The van der Waals surface area contributed by atoms with Gasteiger partial charge in [-0.2, -0.15) is 9.78 Å². The third-order valence-electron chi connectivity index (χ3n) is 7.75. The van der Waals surface area contributed by atoms with Gasteiger partial charge < -0.3 is 20.4 Å². The third-order valence-corrected chi connectivity index (χ3v) is 8.57. The summed E-state index contributed by atoms with van der Waals surface area (Å²) in [5.41, 5.74) is 7.28. The fraction of sp³-hybridized carbons (Fsp3) is 0.519. The van der Waals surface area contributed by atoms with Crippen LogP contribution in [-0.4, -0.2) is 89.7 Å². The van der Waals surface area contributed by atoms with Crippen molar-refractivity contribution in [3.63, 3.8) is 0 Å². The molecule has 0 unspecified atom stereocenters. The summed E-state index contributed by atoms with van der Waals surface area (Å²) in [6, 6.07) is 6.28. The summed E-state index contributed by atoms with van der Waals surface area (Å²) in [6.07, 6.45) is 5.56. The third kappa shape index (κ3) is 6.13. The van der Waals surface area contributed by atoms with Gasteiger partial charge in [0.05, 0.1) is 29.2 Å². The molecule has 0 saturated carbocycles. The lowest BCUT2D eigenvalue weighted by Gasteiger charge is -2.35. The van der Waals surface area contributed by atoms with E-state index in [1.54, 1.807) is 15.6 Å². The maximum atomic E-state index is 14.0. The Kier molecular flexibility index (Phi) is 8.12. The predicted molar refractivity (Wildman–Crippen MR) is 158 cm³/mol. The van der Waals surface area contributed by atoms with Crippen LogP contribution in [0.3, 0.4) is 0 Å². The van der Waals surface area contributed by atoms with Crippen molar-refractivity contribution in [3.05, 3.63) is 47.1 Å². The molecule has 1 aromatic carbocycles. The highest BCUT2D eigenvalue weighted by molar-refractivity contribution is 7.92. The topological polar surface area (TPSA) is 129 Å². The van der Waals surface area contributed by atoms with Gasteiger partial charge in [0.15, 0.2) is 5.82 Å². The summed E-state index contributed by atoms with van der Waals surface area (Å²) in [4.78, 5) is 25.0. The Morgan fingerprint density at radius 3 is 2.55 bits per heavy atom. The van der Waals surface area contributed by atoms with Crippen molar-refractivity contribution in [2.24, 2.45) is 10.7 Å². The number of rotatable bonds is 7. The first-order valence-corrected chi connectivity index (χ1v) is 16.0. The molecule has 4 heterocycles. The van der Waals surface area contributed by atoms with Crippen molar-refractivity contribution >= 4 is 50.7 Å². The Morgan fingerprint density at radius 2 is 1.90 bits per heavy atom. The molecule has 13 heteroatoms. The van der Waals surface area contributed by atoms with Gasteiger partial charge in [-0.1, -0.05) is 18.2 Å². The molecule has 40 heavy (non-hydrogen) atoms.